The molecular formula is C18H25N. The summed E-state index contributed by atoms with van der Waals surface area (Å²) in [6.45, 7) is 1.25. The largest absolute Gasteiger partial charge is 0.319 e. The SMILES string of the molecule is CNCC1(C2CC2c2ccccc2)CC2CCC1C2. The third kappa shape index (κ3) is 1.78. The zero-order valence-electron chi connectivity index (χ0n) is 11.9. The van der Waals surface area contributed by atoms with Crippen LogP contribution in [0.4, 0.5) is 0 Å². The molecule has 5 atom stereocenters. The first-order chi connectivity index (χ1) is 9.33. The summed E-state index contributed by atoms with van der Waals surface area (Å²) in [5, 5.41) is 3.53. The molecule has 1 aromatic rings. The summed E-state index contributed by atoms with van der Waals surface area (Å²) in [5.74, 6) is 3.88. The predicted octanol–water partition coefficient (Wildman–Crippen LogP) is 3.82. The lowest BCUT2D eigenvalue weighted by Gasteiger charge is -2.39. The Labute approximate surface area is 116 Å². The Morgan fingerprint density at radius 3 is 2.63 bits per heavy atom. The van der Waals surface area contributed by atoms with Gasteiger partial charge in [0.05, 0.1) is 0 Å². The second-order valence-corrected chi connectivity index (χ2v) is 7.20. The Morgan fingerprint density at radius 1 is 1.16 bits per heavy atom. The van der Waals surface area contributed by atoms with Gasteiger partial charge in [0.2, 0.25) is 0 Å². The van der Waals surface area contributed by atoms with Gasteiger partial charge in [-0.25, -0.2) is 0 Å². The molecule has 1 heteroatoms. The molecule has 19 heavy (non-hydrogen) atoms. The standard InChI is InChI=1S/C18H25N/c1-19-12-18(11-13-7-8-15(18)9-13)17-10-16(17)14-5-3-2-4-6-14/h2-6,13,15-17,19H,7-12H2,1H3. The molecule has 4 rings (SSSR count). The molecule has 0 amide bonds. The van der Waals surface area contributed by atoms with E-state index < -0.39 is 0 Å². The molecule has 0 saturated heterocycles. The van der Waals surface area contributed by atoms with Crippen molar-refractivity contribution in [2.45, 2.75) is 38.0 Å². The van der Waals surface area contributed by atoms with Crippen molar-refractivity contribution in [3.05, 3.63) is 35.9 Å². The van der Waals surface area contributed by atoms with Crippen LogP contribution >= 0.6 is 0 Å². The van der Waals surface area contributed by atoms with Crippen LogP contribution in [-0.4, -0.2) is 13.6 Å². The van der Waals surface area contributed by atoms with Crippen LogP contribution in [0.5, 0.6) is 0 Å². The Hall–Kier alpha value is -0.820. The van der Waals surface area contributed by atoms with Crippen molar-refractivity contribution >= 4 is 0 Å². The van der Waals surface area contributed by atoms with E-state index in [2.05, 4.69) is 42.7 Å². The van der Waals surface area contributed by atoms with E-state index in [0.29, 0.717) is 5.41 Å². The maximum atomic E-state index is 3.53. The number of hydrogen-bond acceptors (Lipinski definition) is 1. The summed E-state index contributed by atoms with van der Waals surface area (Å²) in [6, 6.07) is 11.2. The highest BCUT2D eigenvalue weighted by atomic mass is 14.9. The van der Waals surface area contributed by atoms with Gasteiger partial charge >= 0.3 is 0 Å². The number of fused-ring (bicyclic) bond motifs is 2. The highest BCUT2D eigenvalue weighted by Crippen LogP contribution is 2.68. The molecule has 1 aromatic carbocycles. The van der Waals surface area contributed by atoms with Crippen molar-refractivity contribution in [1.29, 1.82) is 0 Å². The number of nitrogens with one attached hydrogen (secondary N) is 1. The Morgan fingerprint density at radius 2 is 2.00 bits per heavy atom. The summed E-state index contributed by atoms with van der Waals surface area (Å²) in [6.07, 6.45) is 7.49. The molecule has 3 aliphatic rings. The molecule has 0 spiro atoms. The van der Waals surface area contributed by atoms with Gasteiger partial charge in [-0.15, -0.1) is 0 Å². The number of hydrogen-bond donors (Lipinski definition) is 1. The van der Waals surface area contributed by atoms with Gasteiger partial charge in [0, 0.05) is 6.54 Å². The zero-order chi connectivity index (χ0) is 12.9. The summed E-state index contributed by atoms with van der Waals surface area (Å²) >= 11 is 0. The number of rotatable bonds is 4. The van der Waals surface area contributed by atoms with Crippen molar-refractivity contribution in [3.63, 3.8) is 0 Å². The fraction of sp³-hybridized carbons (Fsp3) is 0.667. The highest BCUT2D eigenvalue weighted by molar-refractivity contribution is 5.28. The molecule has 0 aromatic heterocycles. The fourth-order valence-electron chi connectivity index (χ4n) is 5.52. The van der Waals surface area contributed by atoms with Gasteiger partial charge in [-0.1, -0.05) is 36.8 Å². The molecule has 1 nitrogen and oxygen atoms in total. The lowest BCUT2D eigenvalue weighted by molar-refractivity contribution is 0.125. The maximum absolute atomic E-state index is 3.53. The molecule has 5 unspecified atom stereocenters. The molecule has 0 aliphatic heterocycles. The first-order valence-corrected chi connectivity index (χ1v) is 8.03. The van der Waals surface area contributed by atoms with E-state index in [1.165, 1.54) is 38.6 Å². The Bertz CT molecular complexity index is 454. The van der Waals surface area contributed by atoms with E-state index in [0.717, 1.165) is 23.7 Å². The van der Waals surface area contributed by atoms with E-state index >= 15 is 0 Å². The first kappa shape index (κ1) is 12.0. The summed E-state index contributed by atoms with van der Waals surface area (Å²) < 4.78 is 0. The molecular weight excluding hydrogens is 230 g/mol. The minimum atomic E-state index is 0.637. The van der Waals surface area contributed by atoms with E-state index in [9.17, 15) is 0 Å². The van der Waals surface area contributed by atoms with Crippen LogP contribution in [0.2, 0.25) is 0 Å². The van der Waals surface area contributed by atoms with Crippen LogP contribution in [-0.2, 0) is 0 Å². The smallest absolute Gasteiger partial charge is 0.00104 e. The Balaban J connectivity index is 1.58. The maximum Gasteiger partial charge on any atom is 0.00104 e. The predicted molar refractivity (Wildman–Crippen MR) is 79.1 cm³/mol. The molecule has 1 N–H and O–H groups in total. The molecule has 102 valence electrons. The zero-order valence-corrected chi connectivity index (χ0v) is 11.9. The molecule has 3 saturated carbocycles. The molecule has 0 radical (unpaired) electrons. The molecule has 0 heterocycles. The van der Waals surface area contributed by atoms with Gasteiger partial charge in [-0.2, -0.15) is 0 Å². The normalized spacial score (nSPS) is 43.6. The minimum absolute atomic E-state index is 0.637. The van der Waals surface area contributed by atoms with Crippen LogP contribution in [0, 0.1) is 23.2 Å². The van der Waals surface area contributed by atoms with Gasteiger partial charge in [0.15, 0.2) is 0 Å². The summed E-state index contributed by atoms with van der Waals surface area (Å²) in [5.41, 5.74) is 2.23. The van der Waals surface area contributed by atoms with Gasteiger partial charge in [0.1, 0.15) is 0 Å². The monoisotopic (exact) mass is 255 g/mol. The van der Waals surface area contributed by atoms with Gasteiger partial charge in [-0.05, 0) is 67.4 Å². The average Bonchev–Trinajstić information content (AvgIpc) is 3.02. The summed E-state index contributed by atoms with van der Waals surface area (Å²) in [4.78, 5) is 0. The first-order valence-electron chi connectivity index (χ1n) is 8.03. The quantitative estimate of drug-likeness (QED) is 0.862. The van der Waals surface area contributed by atoms with Gasteiger partial charge in [-0.3, -0.25) is 0 Å². The van der Waals surface area contributed by atoms with Crippen molar-refractivity contribution in [2.24, 2.45) is 23.2 Å². The van der Waals surface area contributed by atoms with E-state index in [1.807, 2.05) is 0 Å². The van der Waals surface area contributed by atoms with Crippen LogP contribution in [0.3, 0.4) is 0 Å². The second kappa shape index (κ2) is 4.34. The third-order valence-corrected chi connectivity index (χ3v) is 6.29. The van der Waals surface area contributed by atoms with Crippen molar-refractivity contribution in [3.8, 4) is 0 Å². The second-order valence-electron chi connectivity index (χ2n) is 7.20. The van der Waals surface area contributed by atoms with E-state index in [1.54, 1.807) is 5.56 Å². The van der Waals surface area contributed by atoms with Crippen molar-refractivity contribution in [1.82, 2.24) is 5.32 Å². The van der Waals surface area contributed by atoms with Crippen LogP contribution in [0.15, 0.2) is 30.3 Å². The molecule has 2 bridgehead atoms. The Kier molecular flexibility index (Phi) is 2.73. The molecule has 3 aliphatic carbocycles. The van der Waals surface area contributed by atoms with E-state index in [4.69, 9.17) is 0 Å². The van der Waals surface area contributed by atoms with Crippen LogP contribution in [0.25, 0.3) is 0 Å². The van der Waals surface area contributed by atoms with Gasteiger partial charge in [0.25, 0.3) is 0 Å². The highest BCUT2D eigenvalue weighted by Gasteiger charge is 2.61. The average molecular weight is 255 g/mol. The van der Waals surface area contributed by atoms with Gasteiger partial charge < -0.3 is 5.32 Å². The summed E-state index contributed by atoms with van der Waals surface area (Å²) in [7, 11) is 2.15. The fourth-order valence-corrected chi connectivity index (χ4v) is 5.52. The number of benzene rings is 1. The molecule has 3 fully saturated rings. The van der Waals surface area contributed by atoms with Crippen molar-refractivity contribution < 1.29 is 0 Å². The van der Waals surface area contributed by atoms with E-state index in [-0.39, 0.29) is 0 Å². The third-order valence-electron chi connectivity index (χ3n) is 6.29. The van der Waals surface area contributed by atoms with Crippen LogP contribution < -0.4 is 5.32 Å². The van der Waals surface area contributed by atoms with Crippen LogP contribution in [0.1, 0.15) is 43.6 Å². The lowest BCUT2D eigenvalue weighted by atomic mass is 9.68. The van der Waals surface area contributed by atoms with Crippen molar-refractivity contribution in [2.75, 3.05) is 13.6 Å². The topological polar surface area (TPSA) is 12.0 Å². The minimum Gasteiger partial charge on any atom is -0.319 e. The lowest BCUT2D eigenvalue weighted by Crippen LogP contribution is -2.39.